The number of hydrogen-bond acceptors (Lipinski definition) is 4. The van der Waals surface area contributed by atoms with Crippen molar-refractivity contribution in [1.29, 1.82) is 0 Å². The number of carbonyl (C=O) groups is 2. The summed E-state index contributed by atoms with van der Waals surface area (Å²) in [6.45, 7) is 16.8. The maximum Gasteiger partial charge on any atom is 0.417 e. The van der Waals surface area contributed by atoms with Crippen molar-refractivity contribution in [2.45, 2.75) is 84.2 Å². The summed E-state index contributed by atoms with van der Waals surface area (Å²) in [4.78, 5) is 27.1. The highest BCUT2D eigenvalue weighted by Gasteiger charge is 2.52. The second-order valence-electron chi connectivity index (χ2n) is 10.0. The molecule has 26 heavy (non-hydrogen) atoms. The zero-order valence-corrected chi connectivity index (χ0v) is 18.6. The Kier molecular flexibility index (Phi) is 5.79. The van der Waals surface area contributed by atoms with Crippen LogP contribution in [0.15, 0.2) is 12.2 Å². The minimum atomic E-state index is -1.97. The summed E-state index contributed by atoms with van der Waals surface area (Å²) >= 11 is 0. The average molecular weight is 382 g/mol. The molecule has 0 bridgehead atoms. The number of imide groups is 1. The summed E-state index contributed by atoms with van der Waals surface area (Å²) in [5.41, 5.74) is -0.631. The Balaban J connectivity index is 2.24. The fourth-order valence-corrected chi connectivity index (χ4v) is 4.34. The summed E-state index contributed by atoms with van der Waals surface area (Å²) in [5.74, 6) is -0.136. The molecule has 1 fully saturated rings. The van der Waals surface area contributed by atoms with E-state index < -0.39 is 20.0 Å². The Bertz CT molecular complexity index is 586. The highest BCUT2D eigenvalue weighted by atomic mass is 28.4. The standard InChI is InChI=1S/C20H35NO4Si/c1-19(2,3)25-18(23)21-16(13-24-26(7,8)20(4,5)6)14-11-9-10-12-15(14)17(21)22/h9-10,14-16H,11-13H2,1-8H3/t14?,15?,16-/m1/s1. The molecule has 148 valence electrons. The minimum absolute atomic E-state index is 0.0816. The van der Waals surface area contributed by atoms with E-state index in [0.717, 1.165) is 6.42 Å². The quantitative estimate of drug-likeness (QED) is 0.523. The van der Waals surface area contributed by atoms with Gasteiger partial charge in [-0.1, -0.05) is 32.9 Å². The van der Waals surface area contributed by atoms with Gasteiger partial charge in [-0.05, 0) is 57.7 Å². The zero-order chi connectivity index (χ0) is 19.9. The molecule has 5 nitrogen and oxygen atoms in total. The first-order chi connectivity index (χ1) is 11.7. The molecule has 2 rings (SSSR count). The van der Waals surface area contributed by atoms with Crippen molar-refractivity contribution >= 4 is 20.3 Å². The first-order valence-corrected chi connectivity index (χ1v) is 12.5. The number of ether oxygens (including phenoxy) is 1. The van der Waals surface area contributed by atoms with E-state index in [1.54, 1.807) is 0 Å². The van der Waals surface area contributed by atoms with Gasteiger partial charge in [-0.15, -0.1) is 0 Å². The molecule has 1 saturated heterocycles. The van der Waals surface area contributed by atoms with Gasteiger partial charge in [0.15, 0.2) is 8.32 Å². The summed E-state index contributed by atoms with van der Waals surface area (Å²) < 4.78 is 11.9. The molecule has 0 aromatic rings. The van der Waals surface area contributed by atoms with Crippen molar-refractivity contribution in [3.8, 4) is 0 Å². The van der Waals surface area contributed by atoms with Crippen molar-refractivity contribution in [2.24, 2.45) is 11.8 Å². The first-order valence-electron chi connectivity index (χ1n) is 9.59. The number of rotatable bonds is 3. The van der Waals surface area contributed by atoms with E-state index in [0.29, 0.717) is 13.0 Å². The summed E-state index contributed by atoms with van der Waals surface area (Å²) in [6, 6.07) is -0.249. The van der Waals surface area contributed by atoms with Gasteiger partial charge in [0.2, 0.25) is 5.91 Å². The Hall–Kier alpha value is -1.14. The van der Waals surface area contributed by atoms with E-state index >= 15 is 0 Å². The third-order valence-electron chi connectivity index (χ3n) is 5.87. The molecule has 6 heteroatoms. The van der Waals surface area contributed by atoms with Crippen LogP contribution in [0.2, 0.25) is 18.1 Å². The Morgan fingerprint density at radius 3 is 2.27 bits per heavy atom. The highest BCUT2D eigenvalue weighted by molar-refractivity contribution is 6.74. The molecule has 0 radical (unpaired) electrons. The fraction of sp³-hybridized carbons (Fsp3) is 0.800. The molecule has 2 amide bonds. The van der Waals surface area contributed by atoms with Crippen LogP contribution in [-0.2, 0) is 14.0 Å². The molecule has 2 unspecified atom stereocenters. The molecular formula is C20H35NO4Si. The van der Waals surface area contributed by atoms with Crippen LogP contribution in [0.3, 0.4) is 0 Å². The van der Waals surface area contributed by atoms with Gasteiger partial charge in [-0.3, -0.25) is 4.79 Å². The Morgan fingerprint density at radius 1 is 1.15 bits per heavy atom. The molecular weight excluding hydrogens is 346 g/mol. The lowest BCUT2D eigenvalue weighted by atomic mass is 9.82. The van der Waals surface area contributed by atoms with Crippen molar-refractivity contribution in [3.63, 3.8) is 0 Å². The number of hydrogen-bond donors (Lipinski definition) is 0. The van der Waals surface area contributed by atoms with E-state index in [4.69, 9.17) is 9.16 Å². The predicted molar refractivity (Wildman–Crippen MR) is 105 cm³/mol. The molecule has 0 N–H and O–H groups in total. The van der Waals surface area contributed by atoms with Crippen LogP contribution in [0.1, 0.15) is 54.4 Å². The van der Waals surface area contributed by atoms with Crippen LogP contribution in [0.25, 0.3) is 0 Å². The molecule has 0 spiro atoms. The Morgan fingerprint density at radius 2 is 1.73 bits per heavy atom. The number of nitrogens with zero attached hydrogens (tertiary/aromatic N) is 1. The van der Waals surface area contributed by atoms with Crippen LogP contribution in [0.4, 0.5) is 4.79 Å². The van der Waals surface area contributed by atoms with Crippen LogP contribution in [0, 0.1) is 11.8 Å². The lowest BCUT2D eigenvalue weighted by molar-refractivity contribution is -0.131. The average Bonchev–Trinajstić information content (AvgIpc) is 2.75. The maximum absolute atomic E-state index is 12.9. The largest absolute Gasteiger partial charge is 0.443 e. The minimum Gasteiger partial charge on any atom is -0.443 e. The van der Waals surface area contributed by atoms with Gasteiger partial charge in [0.05, 0.1) is 12.6 Å². The number of allylic oxidation sites excluding steroid dienone is 2. The third kappa shape index (κ3) is 4.39. The van der Waals surface area contributed by atoms with E-state index in [1.807, 2.05) is 26.8 Å². The molecule has 0 aromatic carbocycles. The third-order valence-corrected chi connectivity index (χ3v) is 10.4. The molecule has 0 aromatic heterocycles. The monoisotopic (exact) mass is 381 g/mol. The molecule has 1 heterocycles. The summed E-state index contributed by atoms with van der Waals surface area (Å²) in [6.07, 6.45) is 5.12. The molecule has 0 saturated carbocycles. The second-order valence-corrected chi connectivity index (χ2v) is 14.8. The number of carbonyl (C=O) groups excluding carboxylic acids is 2. The summed E-state index contributed by atoms with van der Waals surface area (Å²) in [7, 11) is -1.97. The number of fused-ring (bicyclic) bond motifs is 1. The van der Waals surface area contributed by atoms with Gasteiger partial charge in [0, 0.05) is 5.92 Å². The number of amides is 2. The van der Waals surface area contributed by atoms with Gasteiger partial charge in [-0.25, -0.2) is 9.69 Å². The molecule has 2 aliphatic rings. The van der Waals surface area contributed by atoms with Gasteiger partial charge >= 0.3 is 6.09 Å². The topological polar surface area (TPSA) is 55.8 Å². The van der Waals surface area contributed by atoms with Crippen molar-refractivity contribution in [1.82, 2.24) is 4.90 Å². The van der Waals surface area contributed by atoms with E-state index in [9.17, 15) is 9.59 Å². The predicted octanol–water partition coefficient (Wildman–Crippen LogP) is 4.74. The van der Waals surface area contributed by atoms with E-state index in [2.05, 4.69) is 39.9 Å². The molecule has 1 aliphatic carbocycles. The van der Waals surface area contributed by atoms with Crippen molar-refractivity contribution in [3.05, 3.63) is 12.2 Å². The Labute approximate surface area is 159 Å². The number of likely N-dealkylation sites (tertiary alicyclic amines) is 1. The van der Waals surface area contributed by atoms with Crippen LogP contribution >= 0.6 is 0 Å². The van der Waals surface area contributed by atoms with E-state index in [-0.39, 0.29) is 28.8 Å². The van der Waals surface area contributed by atoms with Crippen LogP contribution in [0.5, 0.6) is 0 Å². The maximum atomic E-state index is 12.9. The van der Waals surface area contributed by atoms with Crippen LogP contribution in [-0.4, -0.2) is 43.5 Å². The highest BCUT2D eigenvalue weighted by Crippen LogP contribution is 2.42. The lowest BCUT2D eigenvalue weighted by Gasteiger charge is -2.38. The molecule has 3 atom stereocenters. The summed E-state index contributed by atoms with van der Waals surface area (Å²) in [5, 5.41) is 0.0816. The normalized spacial score (nSPS) is 26.8. The zero-order valence-electron chi connectivity index (χ0n) is 17.6. The van der Waals surface area contributed by atoms with Gasteiger partial charge in [0.1, 0.15) is 5.60 Å². The van der Waals surface area contributed by atoms with Gasteiger partial charge < -0.3 is 9.16 Å². The van der Waals surface area contributed by atoms with E-state index in [1.165, 1.54) is 4.90 Å². The van der Waals surface area contributed by atoms with Crippen molar-refractivity contribution in [2.75, 3.05) is 6.61 Å². The first kappa shape index (κ1) is 21.2. The SMILES string of the molecule is CC(C)(C)OC(=O)N1C(=O)C2CC=CCC2[C@H]1CO[Si](C)(C)C(C)(C)C. The lowest BCUT2D eigenvalue weighted by Crippen LogP contribution is -2.49. The fourth-order valence-electron chi connectivity index (χ4n) is 3.32. The second kappa shape index (κ2) is 7.11. The van der Waals surface area contributed by atoms with Crippen molar-refractivity contribution < 1.29 is 18.8 Å². The van der Waals surface area contributed by atoms with Gasteiger partial charge in [0.25, 0.3) is 0 Å². The smallest absolute Gasteiger partial charge is 0.417 e. The van der Waals surface area contributed by atoms with Gasteiger partial charge in [-0.2, -0.15) is 0 Å². The molecule has 1 aliphatic heterocycles. The van der Waals surface area contributed by atoms with Crippen LogP contribution < -0.4 is 0 Å².